The highest BCUT2D eigenvalue weighted by molar-refractivity contribution is 5.94. The van der Waals surface area contributed by atoms with E-state index < -0.39 is 67.2 Å². The summed E-state index contributed by atoms with van der Waals surface area (Å²) in [4.78, 5) is 58.8. The summed E-state index contributed by atoms with van der Waals surface area (Å²) in [5, 5.41) is 9.36. The Morgan fingerprint density at radius 2 is 1.38 bits per heavy atom. The minimum Gasteiger partial charge on any atom is -0.481 e. The lowest BCUT2D eigenvalue weighted by Crippen LogP contribution is -2.63. The first-order chi connectivity index (χ1) is 22.4. The Morgan fingerprint density at radius 1 is 0.766 bits per heavy atom. The summed E-state index contributed by atoms with van der Waals surface area (Å²) in [7, 11) is 0. The van der Waals surface area contributed by atoms with Crippen molar-refractivity contribution < 1.29 is 61.9 Å². The maximum absolute atomic E-state index is 12.2. The molecule has 0 spiro atoms. The van der Waals surface area contributed by atoms with Crippen LogP contribution < -0.4 is 4.74 Å². The topological polar surface area (TPSA) is 174 Å². The molecule has 1 aliphatic rings. The fourth-order valence-corrected chi connectivity index (χ4v) is 4.91. The first kappa shape index (κ1) is 34.4. The standard InChI is InChI=1S/C34H34O13/c1-19(35)41-18-28-31(43-20(2)36)32(44-21(3)37)33(45-22(4)38)34(47-28)46-27-9-6-8-26-30(27)25(17-42-26)16-15-24-13-11-23(12-14-24)7-5-10-29(39)40/h5-9,11-17,28,31-34H,10,18H2,1-4H3,(H,39,40)/b7-5+,16-15?/t28-,31-,32+,33-,34-/m1/s1. The molecule has 0 saturated carbocycles. The first-order valence-electron chi connectivity index (χ1n) is 14.5. The second-order valence-corrected chi connectivity index (χ2v) is 10.5. The lowest BCUT2D eigenvalue weighted by Gasteiger charge is -2.43. The maximum atomic E-state index is 12.2. The Bertz CT molecular complexity index is 1670. The third-order valence-corrected chi connectivity index (χ3v) is 6.78. The van der Waals surface area contributed by atoms with Crippen molar-refractivity contribution in [2.75, 3.05) is 6.61 Å². The molecule has 0 aliphatic carbocycles. The molecular weight excluding hydrogens is 616 g/mol. The monoisotopic (exact) mass is 650 g/mol. The summed E-state index contributed by atoms with van der Waals surface area (Å²) in [5.41, 5.74) is 2.80. The van der Waals surface area contributed by atoms with E-state index >= 15 is 0 Å². The second kappa shape index (κ2) is 15.7. The molecule has 1 saturated heterocycles. The SMILES string of the molecule is CC(=O)OC[C@H]1O[C@@H](Oc2cccc3occ(C=Cc4ccc(/C=C/CC(=O)O)cc4)c23)[C@H](OC(C)=O)[C@@H](OC(C)=O)[C@@H]1OC(C)=O. The molecule has 248 valence electrons. The zero-order valence-electron chi connectivity index (χ0n) is 26.1. The van der Waals surface area contributed by atoms with E-state index in [-0.39, 0.29) is 12.2 Å². The van der Waals surface area contributed by atoms with Gasteiger partial charge in [-0.15, -0.1) is 0 Å². The highest BCUT2D eigenvalue weighted by Crippen LogP contribution is 2.36. The van der Waals surface area contributed by atoms with Crippen LogP contribution in [0.4, 0.5) is 0 Å². The molecule has 0 unspecified atom stereocenters. The van der Waals surface area contributed by atoms with Gasteiger partial charge in [0.05, 0.1) is 18.1 Å². The van der Waals surface area contributed by atoms with Crippen molar-refractivity contribution in [2.24, 2.45) is 0 Å². The van der Waals surface area contributed by atoms with E-state index in [0.717, 1.165) is 31.9 Å². The number of carbonyl (C=O) groups is 5. The van der Waals surface area contributed by atoms with Gasteiger partial charge in [0.1, 0.15) is 24.0 Å². The van der Waals surface area contributed by atoms with Gasteiger partial charge in [-0.05, 0) is 23.3 Å². The van der Waals surface area contributed by atoms with Crippen LogP contribution in [0.2, 0.25) is 0 Å². The second-order valence-electron chi connectivity index (χ2n) is 10.5. The number of carboxylic acids is 1. The van der Waals surface area contributed by atoms with Gasteiger partial charge in [-0.3, -0.25) is 24.0 Å². The van der Waals surface area contributed by atoms with Crippen molar-refractivity contribution in [1.82, 2.24) is 0 Å². The third kappa shape index (κ3) is 9.53. The molecule has 1 fully saturated rings. The Hall–Kier alpha value is -5.43. The molecular formula is C34H34O13. The van der Waals surface area contributed by atoms with Gasteiger partial charge in [0.15, 0.2) is 12.2 Å². The number of carboxylic acid groups (broad SMARTS) is 1. The van der Waals surface area contributed by atoms with Gasteiger partial charge in [-0.2, -0.15) is 0 Å². The van der Waals surface area contributed by atoms with Crippen molar-refractivity contribution in [3.63, 3.8) is 0 Å². The summed E-state index contributed by atoms with van der Waals surface area (Å²) in [5.74, 6) is -3.54. The van der Waals surface area contributed by atoms with Crippen LogP contribution in [-0.2, 0) is 47.7 Å². The number of furan rings is 1. The predicted molar refractivity (Wildman–Crippen MR) is 165 cm³/mol. The lowest BCUT2D eigenvalue weighted by atomic mass is 9.98. The van der Waals surface area contributed by atoms with Crippen LogP contribution in [-0.4, -0.2) is 72.3 Å². The van der Waals surface area contributed by atoms with Crippen LogP contribution in [0, 0.1) is 0 Å². The van der Waals surface area contributed by atoms with Crippen molar-refractivity contribution in [3.05, 3.63) is 71.5 Å². The predicted octanol–water partition coefficient (Wildman–Crippen LogP) is 4.55. The van der Waals surface area contributed by atoms with Crippen LogP contribution >= 0.6 is 0 Å². The average molecular weight is 651 g/mol. The van der Waals surface area contributed by atoms with Crippen LogP contribution in [0.3, 0.4) is 0 Å². The van der Waals surface area contributed by atoms with E-state index in [2.05, 4.69) is 0 Å². The summed E-state index contributed by atoms with van der Waals surface area (Å²) in [6, 6.07) is 12.5. The number of hydrogen-bond acceptors (Lipinski definition) is 12. The van der Waals surface area contributed by atoms with Gasteiger partial charge >= 0.3 is 29.8 Å². The fraction of sp³-hybridized carbons (Fsp3) is 0.324. The van der Waals surface area contributed by atoms with Gasteiger partial charge in [0.2, 0.25) is 12.4 Å². The first-order valence-corrected chi connectivity index (χ1v) is 14.5. The molecule has 0 bridgehead atoms. The van der Waals surface area contributed by atoms with E-state index in [4.69, 9.17) is 37.9 Å². The number of ether oxygens (including phenoxy) is 6. The lowest BCUT2D eigenvalue weighted by molar-refractivity contribution is -0.288. The van der Waals surface area contributed by atoms with E-state index in [1.54, 1.807) is 36.4 Å². The molecule has 47 heavy (non-hydrogen) atoms. The Balaban J connectivity index is 1.67. The minimum atomic E-state index is -1.42. The number of esters is 4. The van der Waals surface area contributed by atoms with E-state index in [9.17, 15) is 24.0 Å². The van der Waals surface area contributed by atoms with E-state index in [0.29, 0.717) is 16.5 Å². The van der Waals surface area contributed by atoms with Gasteiger partial charge < -0.3 is 37.9 Å². The quantitative estimate of drug-likeness (QED) is 0.214. The Labute approximate surface area is 269 Å². The third-order valence-electron chi connectivity index (χ3n) is 6.78. The fourth-order valence-electron chi connectivity index (χ4n) is 4.91. The molecule has 0 amide bonds. The number of hydrogen-bond donors (Lipinski definition) is 1. The van der Waals surface area contributed by atoms with E-state index in [1.807, 2.05) is 30.3 Å². The zero-order valence-corrected chi connectivity index (χ0v) is 26.1. The van der Waals surface area contributed by atoms with Crippen LogP contribution in [0.5, 0.6) is 5.75 Å². The molecule has 13 nitrogen and oxygen atoms in total. The summed E-state index contributed by atoms with van der Waals surface area (Å²) < 4.78 is 39.7. The minimum absolute atomic E-state index is 0.0722. The Morgan fingerprint density at radius 3 is 2.00 bits per heavy atom. The molecule has 4 rings (SSSR count). The molecule has 1 aromatic heterocycles. The number of aliphatic carboxylic acids is 1. The van der Waals surface area contributed by atoms with Gasteiger partial charge in [0.25, 0.3) is 0 Å². The number of fused-ring (bicyclic) bond motifs is 1. The summed E-state index contributed by atoms with van der Waals surface area (Å²) >= 11 is 0. The highest BCUT2D eigenvalue weighted by Gasteiger charge is 2.53. The molecule has 1 aliphatic heterocycles. The Kier molecular flexibility index (Phi) is 11.5. The van der Waals surface area contributed by atoms with E-state index in [1.165, 1.54) is 13.2 Å². The normalized spacial score (nSPS) is 21.0. The smallest absolute Gasteiger partial charge is 0.307 e. The van der Waals surface area contributed by atoms with Crippen molar-refractivity contribution in [2.45, 2.75) is 64.8 Å². The number of benzene rings is 2. The molecule has 5 atom stereocenters. The maximum Gasteiger partial charge on any atom is 0.307 e. The number of rotatable bonds is 12. The molecule has 2 aromatic carbocycles. The van der Waals surface area contributed by atoms with Gasteiger partial charge in [-0.1, -0.05) is 54.6 Å². The van der Waals surface area contributed by atoms with Crippen LogP contribution in [0.1, 0.15) is 50.8 Å². The molecule has 3 aromatic rings. The molecule has 1 N–H and O–H groups in total. The molecule has 13 heteroatoms. The number of carbonyl (C=O) groups excluding carboxylic acids is 4. The highest BCUT2D eigenvalue weighted by atomic mass is 16.7. The van der Waals surface area contributed by atoms with Crippen LogP contribution in [0.25, 0.3) is 29.2 Å². The largest absolute Gasteiger partial charge is 0.481 e. The van der Waals surface area contributed by atoms with Crippen molar-refractivity contribution in [1.29, 1.82) is 0 Å². The average Bonchev–Trinajstić information content (AvgIpc) is 3.42. The summed E-state index contributed by atoms with van der Waals surface area (Å²) in [6.45, 7) is 4.21. The molecule has 0 radical (unpaired) electrons. The molecule has 2 heterocycles. The summed E-state index contributed by atoms with van der Waals surface area (Å²) in [6.07, 6.45) is 1.71. The van der Waals surface area contributed by atoms with Crippen LogP contribution in [0.15, 0.2) is 59.2 Å². The van der Waals surface area contributed by atoms with Crippen molar-refractivity contribution in [3.8, 4) is 5.75 Å². The van der Waals surface area contributed by atoms with Crippen molar-refractivity contribution >= 4 is 59.0 Å². The van der Waals surface area contributed by atoms with Gasteiger partial charge in [0, 0.05) is 33.3 Å². The zero-order chi connectivity index (χ0) is 34.1. The van der Waals surface area contributed by atoms with Gasteiger partial charge in [-0.25, -0.2) is 0 Å².